The van der Waals surface area contributed by atoms with Crippen molar-refractivity contribution in [2.75, 3.05) is 6.61 Å². The van der Waals surface area contributed by atoms with Crippen LogP contribution in [0.1, 0.15) is 6.92 Å². The van der Waals surface area contributed by atoms with Gasteiger partial charge in [-0.15, -0.1) is 11.8 Å². The number of benzene rings is 2. The summed E-state index contributed by atoms with van der Waals surface area (Å²) in [4.78, 5) is 24.7. The smallest absolute Gasteiger partial charge is 0.276 e. The fraction of sp³-hybridized carbons (Fsp3) is 0.176. The zero-order valence-electron chi connectivity index (χ0n) is 13.0. The molecule has 0 radical (unpaired) electrons. The van der Waals surface area contributed by atoms with Gasteiger partial charge in [-0.05, 0) is 43.3 Å². The summed E-state index contributed by atoms with van der Waals surface area (Å²) in [6, 6.07) is 16.7. The quantitative estimate of drug-likeness (QED) is 0.568. The molecule has 0 aliphatic rings. The summed E-state index contributed by atoms with van der Waals surface area (Å²) < 4.78 is 6.25. The summed E-state index contributed by atoms with van der Waals surface area (Å²) in [5.41, 5.74) is 4.75. The molecule has 126 valence electrons. The second-order valence-electron chi connectivity index (χ2n) is 4.85. The lowest BCUT2D eigenvalue weighted by atomic mass is 10.3. The van der Waals surface area contributed by atoms with Crippen molar-refractivity contribution in [3.63, 3.8) is 0 Å². The molecule has 1 atom stereocenters. The van der Waals surface area contributed by atoms with Gasteiger partial charge in [0.25, 0.3) is 11.8 Å². The van der Waals surface area contributed by atoms with Crippen molar-refractivity contribution in [2.45, 2.75) is 17.1 Å². The first-order valence-electron chi connectivity index (χ1n) is 7.23. The highest BCUT2D eigenvalue weighted by atomic mass is 79.9. The number of halogens is 1. The minimum atomic E-state index is -0.428. The van der Waals surface area contributed by atoms with E-state index >= 15 is 0 Å². The summed E-state index contributed by atoms with van der Waals surface area (Å²) >= 11 is 4.73. The molecule has 24 heavy (non-hydrogen) atoms. The first-order chi connectivity index (χ1) is 11.5. The number of hydrazine groups is 1. The van der Waals surface area contributed by atoms with Crippen LogP contribution in [0.5, 0.6) is 5.75 Å². The molecule has 0 saturated carbocycles. The minimum absolute atomic E-state index is 0.178. The van der Waals surface area contributed by atoms with Gasteiger partial charge >= 0.3 is 0 Å². The number of carbonyl (C=O) groups is 2. The van der Waals surface area contributed by atoms with E-state index in [1.165, 1.54) is 11.8 Å². The van der Waals surface area contributed by atoms with Gasteiger partial charge in [0.1, 0.15) is 5.75 Å². The van der Waals surface area contributed by atoms with Gasteiger partial charge in [0.2, 0.25) is 0 Å². The van der Waals surface area contributed by atoms with Gasteiger partial charge in [-0.1, -0.05) is 34.1 Å². The Balaban J connectivity index is 1.70. The van der Waals surface area contributed by atoms with Crippen LogP contribution < -0.4 is 15.6 Å². The summed E-state index contributed by atoms with van der Waals surface area (Å²) in [6.45, 7) is 1.60. The molecule has 0 heterocycles. The summed E-state index contributed by atoms with van der Waals surface area (Å²) in [5, 5.41) is -0.333. The average molecular weight is 409 g/mol. The largest absolute Gasteiger partial charge is 0.484 e. The van der Waals surface area contributed by atoms with E-state index in [-0.39, 0.29) is 17.8 Å². The van der Waals surface area contributed by atoms with Gasteiger partial charge < -0.3 is 4.74 Å². The lowest BCUT2D eigenvalue weighted by Gasteiger charge is -2.13. The molecule has 0 saturated heterocycles. The molecule has 0 aliphatic heterocycles. The molecule has 0 fully saturated rings. The molecule has 0 aliphatic carbocycles. The molecule has 0 unspecified atom stereocenters. The highest BCUT2D eigenvalue weighted by Gasteiger charge is 2.15. The fourth-order valence-corrected chi connectivity index (χ4v) is 2.86. The van der Waals surface area contributed by atoms with Gasteiger partial charge in [-0.25, -0.2) is 0 Å². The maximum Gasteiger partial charge on any atom is 0.276 e. The van der Waals surface area contributed by atoms with Gasteiger partial charge in [0.15, 0.2) is 6.61 Å². The third-order valence-corrected chi connectivity index (χ3v) is 4.57. The lowest BCUT2D eigenvalue weighted by molar-refractivity contribution is -0.129. The molecular formula is C17H17BrN2O3S. The van der Waals surface area contributed by atoms with Gasteiger partial charge in [0, 0.05) is 9.37 Å². The van der Waals surface area contributed by atoms with E-state index in [4.69, 9.17) is 4.74 Å². The summed E-state index contributed by atoms with van der Waals surface area (Å²) in [6.07, 6.45) is 0. The number of hydrogen-bond acceptors (Lipinski definition) is 4. The van der Waals surface area contributed by atoms with E-state index in [1.807, 2.05) is 42.5 Å². The van der Waals surface area contributed by atoms with Crippen LogP contribution in [0.2, 0.25) is 0 Å². The van der Waals surface area contributed by atoms with Crippen molar-refractivity contribution in [1.29, 1.82) is 0 Å². The predicted molar refractivity (Wildman–Crippen MR) is 97.7 cm³/mol. The minimum Gasteiger partial charge on any atom is -0.484 e. The van der Waals surface area contributed by atoms with Crippen LogP contribution >= 0.6 is 27.7 Å². The van der Waals surface area contributed by atoms with E-state index in [2.05, 4.69) is 26.8 Å². The van der Waals surface area contributed by atoms with Crippen molar-refractivity contribution in [1.82, 2.24) is 10.9 Å². The highest BCUT2D eigenvalue weighted by molar-refractivity contribution is 9.10. The molecule has 0 spiro atoms. The third kappa shape index (κ3) is 6.25. The number of amides is 2. The van der Waals surface area contributed by atoms with Crippen LogP contribution in [-0.4, -0.2) is 23.7 Å². The van der Waals surface area contributed by atoms with Crippen LogP contribution in [0.3, 0.4) is 0 Å². The molecular weight excluding hydrogens is 392 g/mol. The predicted octanol–water partition coefficient (Wildman–Crippen LogP) is 3.16. The summed E-state index contributed by atoms with van der Waals surface area (Å²) in [5.74, 6) is -0.128. The Morgan fingerprint density at radius 3 is 2.42 bits per heavy atom. The Morgan fingerprint density at radius 2 is 1.75 bits per heavy atom. The second kappa shape index (κ2) is 9.34. The van der Waals surface area contributed by atoms with Crippen molar-refractivity contribution < 1.29 is 14.3 Å². The Labute approximate surface area is 153 Å². The Bertz CT molecular complexity index is 680. The number of nitrogens with one attached hydrogen (secondary N) is 2. The zero-order valence-corrected chi connectivity index (χ0v) is 15.4. The van der Waals surface area contributed by atoms with Crippen LogP contribution in [0.15, 0.2) is 64.0 Å². The zero-order chi connectivity index (χ0) is 17.4. The second-order valence-corrected chi connectivity index (χ2v) is 7.18. The van der Waals surface area contributed by atoms with E-state index in [9.17, 15) is 9.59 Å². The lowest BCUT2D eigenvalue weighted by Crippen LogP contribution is -2.46. The first kappa shape index (κ1) is 18.4. The van der Waals surface area contributed by atoms with Crippen LogP contribution in [0, 0.1) is 0 Å². The van der Waals surface area contributed by atoms with Crippen LogP contribution in [0.25, 0.3) is 0 Å². The molecule has 2 N–H and O–H groups in total. The monoisotopic (exact) mass is 408 g/mol. The van der Waals surface area contributed by atoms with E-state index in [0.29, 0.717) is 5.75 Å². The van der Waals surface area contributed by atoms with E-state index in [1.54, 1.807) is 19.1 Å². The standard InChI is InChI=1S/C17H17BrN2O3S/c1-12(24-15-5-3-2-4-6-15)17(22)20-19-16(21)11-23-14-9-7-13(18)8-10-14/h2-10,12H,11H2,1H3,(H,19,21)(H,20,22)/t12-/m0/s1. The molecule has 0 aromatic heterocycles. The van der Waals surface area contributed by atoms with E-state index < -0.39 is 5.91 Å². The molecule has 5 nitrogen and oxygen atoms in total. The molecule has 7 heteroatoms. The number of rotatable bonds is 6. The maximum absolute atomic E-state index is 12.0. The topological polar surface area (TPSA) is 67.4 Å². The van der Waals surface area contributed by atoms with Gasteiger partial charge in [-0.2, -0.15) is 0 Å². The molecule has 2 aromatic rings. The van der Waals surface area contributed by atoms with Crippen LogP contribution in [-0.2, 0) is 9.59 Å². The Kier molecular flexibility index (Phi) is 7.14. The van der Waals surface area contributed by atoms with Gasteiger partial charge in [0.05, 0.1) is 5.25 Å². The van der Waals surface area contributed by atoms with E-state index in [0.717, 1.165) is 9.37 Å². The van der Waals surface area contributed by atoms with Crippen molar-refractivity contribution in [3.05, 3.63) is 59.1 Å². The van der Waals surface area contributed by atoms with Crippen LogP contribution in [0.4, 0.5) is 0 Å². The molecule has 2 amide bonds. The summed E-state index contributed by atoms with van der Waals surface area (Å²) in [7, 11) is 0. The normalized spacial score (nSPS) is 11.4. The van der Waals surface area contributed by atoms with Crippen molar-refractivity contribution in [2.24, 2.45) is 0 Å². The first-order valence-corrected chi connectivity index (χ1v) is 8.90. The van der Waals surface area contributed by atoms with Gasteiger partial charge in [-0.3, -0.25) is 20.4 Å². The number of thioether (sulfide) groups is 1. The molecule has 2 rings (SSSR count). The van der Waals surface area contributed by atoms with Crippen molar-refractivity contribution in [3.8, 4) is 5.75 Å². The molecule has 0 bridgehead atoms. The molecule has 2 aromatic carbocycles. The van der Waals surface area contributed by atoms with Crippen molar-refractivity contribution >= 4 is 39.5 Å². The maximum atomic E-state index is 12.0. The SMILES string of the molecule is C[C@H](Sc1ccccc1)C(=O)NNC(=O)COc1ccc(Br)cc1. The number of carbonyl (C=O) groups excluding carboxylic acids is 2. The Morgan fingerprint density at radius 1 is 1.08 bits per heavy atom. The average Bonchev–Trinajstić information content (AvgIpc) is 2.60. The number of ether oxygens (including phenoxy) is 1. The third-order valence-electron chi connectivity index (χ3n) is 2.93. The highest BCUT2D eigenvalue weighted by Crippen LogP contribution is 2.22. The fourth-order valence-electron chi connectivity index (χ4n) is 1.71. The Hall–Kier alpha value is -1.99. The number of hydrogen-bond donors (Lipinski definition) is 2.